The summed E-state index contributed by atoms with van der Waals surface area (Å²) in [5.41, 5.74) is 7.32. The number of carbonyl (C=O) groups excluding carboxylic acids is 1. The highest BCUT2D eigenvalue weighted by Crippen LogP contribution is 2.30. The first-order valence-electron chi connectivity index (χ1n) is 8.18. The van der Waals surface area contributed by atoms with Gasteiger partial charge in [0.2, 0.25) is 0 Å². The van der Waals surface area contributed by atoms with E-state index in [1.165, 1.54) is 40.7 Å². The van der Waals surface area contributed by atoms with Gasteiger partial charge >= 0.3 is 6.03 Å². The number of nitrogens with zero attached hydrogens (tertiary/aromatic N) is 4. The average Bonchev–Trinajstić information content (AvgIpc) is 3.31. The molecule has 0 saturated heterocycles. The Hall–Kier alpha value is -3.59. The minimum atomic E-state index is -0.462. The van der Waals surface area contributed by atoms with Crippen molar-refractivity contribution in [3.8, 4) is 0 Å². The fraction of sp³-hybridized carbons (Fsp3) is 0.0526. The van der Waals surface area contributed by atoms with Crippen molar-refractivity contribution >= 4 is 34.0 Å². The lowest BCUT2D eigenvalue weighted by atomic mass is 10.2. The maximum atomic E-state index is 14.0. The minimum absolute atomic E-state index is 0.0306. The summed E-state index contributed by atoms with van der Waals surface area (Å²) in [6, 6.07) is 5.74. The van der Waals surface area contributed by atoms with Gasteiger partial charge in [0.05, 0.1) is 21.8 Å². The van der Waals surface area contributed by atoms with E-state index in [4.69, 9.17) is 5.73 Å². The maximum Gasteiger partial charge on any atom is 0.333 e. The quantitative estimate of drug-likeness (QED) is 0.389. The highest BCUT2D eigenvalue weighted by atomic mass is 32.1. The van der Waals surface area contributed by atoms with E-state index in [2.05, 4.69) is 26.9 Å². The topological polar surface area (TPSA) is 98.2 Å². The number of rotatable bonds is 5. The Labute approximate surface area is 164 Å². The molecule has 0 radical (unpaired) electrons. The van der Waals surface area contributed by atoms with Crippen LogP contribution in [0.25, 0.3) is 5.70 Å². The molecule has 3 rings (SSSR count). The first kappa shape index (κ1) is 19.2. The lowest BCUT2D eigenvalue weighted by molar-refractivity contribution is 0.253. The van der Waals surface area contributed by atoms with Crippen molar-refractivity contribution in [2.75, 3.05) is 5.32 Å². The molecule has 3 N–H and O–H groups in total. The number of nitrogens with two attached hydrogens (primary N) is 1. The van der Waals surface area contributed by atoms with Gasteiger partial charge in [0, 0.05) is 12.4 Å². The fourth-order valence-corrected chi connectivity index (χ4v) is 3.28. The molecule has 0 aliphatic rings. The van der Waals surface area contributed by atoms with Crippen LogP contribution in [0.5, 0.6) is 0 Å². The fourth-order valence-electron chi connectivity index (χ4n) is 2.36. The van der Waals surface area contributed by atoms with Crippen molar-refractivity contribution in [1.82, 2.24) is 14.5 Å². The number of allylic oxidation sites excluding steroid dienone is 2. The Balaban J connectivity index is 1.91. The molecule has 2 heterocycles. The van der Waals surface area contributed by atoms with Crippen LogP contribution in [0.4, 0.5) is 14.3 Å². The number of anilines is 1. The molecule has 3 aromatic rings. The highest BCUT2D eigenvalue weighted by molar-refractivity contribution is 7.17. The molecule has 0 fully saturated rings. The molecule has 28 heavy (non-hydrogen) atoms. The Morgan fingerprint density at radius 3 is 2.89 bits per heavy atom. The number of halogens is 1. The zero-order chi connectivity index (χ0) is 20.1. The molecule has 1 aromatic carbocycles. The van der Waals surface area contributed by atoms with Gasteiger partial charge in [-0.15, -0.1) is 0 Å². The Morgan fingerprint density at radius 1 is 1.43 bits per heavy atom. The summed E-state index contributed by atoms with van der Waals surface area (Å²) in [5, 5.41) is 3.08. The summed E-state index contributed by atoms with van der Waals surface area (Å²) in [7, 11) is 0. The van der Waals surface area contributed by atoms with Crippen molar-refractivity contribution < 1.29 is 9.18 Å². The normalized spacial score (nSPS) is 12.1. The number of amides is 1. The van der Waals surface area contributed by atoms with Crippen LogP contribution in [0.3, 0.4) is 0 Å². The molecule has 0 saturated carbocycles. The van der Waals surface area contributed by atoms with Gasteiger partial charge in [-0.3, -0.25) is 9.88 Å². The lowest BCUT2D eigenvalue weighted by Crippen LogP contribution is -2.17. The van der Waals surface area contributed by atoms with Crippen molar-refractivity contribution in [3.05, 3.63) is 83.7 Å². The number of hydrogen-bond acceptors (Lipinski definition) is 5. The number of aromatic nitrogens is 3. The van der Waals surface area contributed by atoms with Crippen molar-refractivity contribution in [2.45, 2.75) is 6.92 Å². The number of aliphatic imine (C=N–C) groups is 1. The van der Waals surface area contributed by atoms with E-state index < -0.39 is 5.82 Å². The van der Waals surface area contributed by atoms with Gasteiger partial charge in [0.25, 0.3) is 0 Å². The number of thiazole rings is 1. The van der Waals surface area contributed by atoms with Crippen LogP contribution in [-0.2, 0) is 0 Å². The summed E-state index contributed by atoms with van der Waals surface area (Å²) in [6.45, 7) is 5.47. The second kappa shape index (κ2) is 8.40. The summed E-state index contributed by atoms with van der Waals surface area (Å²) in [6.07, 6.45) is 7.62. The number of nitrogens with one attached hydrogen (secondary N) is 1. The van der Waals surface area contributed by atoms with Crippen LogP contribution in [0.1, 0.15) is 16.1 Å². The summed E-state index contributed by atoms with van der Waals surface area (Å²) in [4.78, 5) is 25.4. The zero-order valence-corrected chi connectivity index (χ0v) is 15.8. The van der Waals surface area contributed by atoms with Gasteiger partial charge in [0.15, 0.2) is 5.13 Å². The highest BCUT2D eigenvalue weighted by Gasteiger charge is 2.15. The van der Waals surface area contributed by atoms with Crippen LogP contribution < -0.4 is 11.1 Å². The van der Waals surface area contributed by atoms with Crippen LogP contribution in [0, 0.1) is 12.7 Å². The molecule has 1 amide bonds. The summed E-state index contributed by atoms with van der Waals surface area (Å²) < 4.78 is 15.3. The van der Waals surface area contributed by atoms with Gasteiger partial charge in [0.1, 0.15) is 18.0 Å². The number of carbonyl (C=O) groups is 1. The van der Waals surface area contributed by atoms with Crippen molar-refractivity contribution in [1.29, 1.82) is 0 Å². The second-order valence-electron chi connectivity index (χ2n) is 5.60. The van der Waals surface area contributed by atoms with E-state index in [9.17, 15) is 9.18 Å². The summed E-state index contributed by atoms with van der Waals surface area (Å²) in [5.74, 6) is -0.431. The predicted octanol–water partition coefficient (Wildman–Crippen LogP) is 3.80. The number of benzene rings is 1. The largest absolute Gasteiger partial charge is 0.383 e. The molecule has 0 aliphatic heterocycles. The summed E-state index contributed by atoms with van der Waals surface area (Å²) >= 11 is 1.23. The van der Waals surface area contributed by atoms with E-state index in [1.54, 1.807) is 37.3 Å². The first-order chi connectivity index (χ1) is 13.5. The molecule has 0 unspecified atom stereocenters. The smallest absolute Gasteiger partial charge is 0.333 e. The molecule has 9 heteroatoms. The molecule has 2 aromatic heterocycles. The van der Waals surface area contributed by atoms with Gasteiger partial charge in [-0.25, -0.2) is 24.1 Å². The van der Waals surface area contributed by atoms with E-state index in [0.29, 0.717) is 21.4 Å². The number of amidine groups is 1. The molecule has 7 nitrogen and oxygen atoms in total. The average molecular weight is 396 g/mol. The maximum absolute atomic E-state index is 14.0. The molecule has 0 bridgehead atoms. The molecular formula is C19H17FN6OS. The Bertz CT molecular complexity index is 1070. The molecule has 0 spiro atoms. The lowest BCUT2D eigenvalue weighted by Gasteiger charge is -2.05. The van der Waals surface area contributed by atoms with E-state index in [1.807, 2.05) is 0 Å². The number of aryl methyl sites for hydroxylation is 1. The molecular weight excluding hydrogens is 379 g/mol. The SMILES string of the molecule is C=C/C=C(\N=C(N)c1ccccc1F)c1sc(NC(=O)n2ccnc2)nc1C. The molecule has 142 valence electrons. The molecule has 0 atom stereocenters. The Kier molecular flexibility index (Phi) is 5.75. The van der Waals surface area contributed by atoms with Crippen molar-refractivity contribution in [3.63, 3.8) is 0 Å². The minimum Gasteiger partial charge on any atom is -0.383 e. The van der Waals surface area contributed by atoms with E-state index in [-0.39, 0.29) is 17.4 Å². The van der Waals surface area contributed by atoms with Crippen LogP contribution in [-0.4, -0.2) is 26.4 Å². The Morgan fingerprint density at radius 2 is 2.21 bits per heavy atom. The van der Waals surface area contributed by atoms with E-state index >= 15 is 0 Å². The monoisotopic (exact) mass is 396 g/mol. The number of imidazole rings is 1. The zero-order valence-electron chi connectivity index (χ0n) is 15.0. The standard InChI is InChI=1S/C19H17FN6OS/c1-3-6-15(24-17(21)13-7-4-5-8-14(13)20)16-12(2)23-18(28-16)25-19(27)26-10-9-22-11-26/h3-11H,1H2,2H3,(H2,21,24)(H,23,25,27)/b15-6-. The van der Waals surface area contributed by atoms with Gasteiger partial charge in [-0.1, -0.05) is 36.1 Å². The van der Waals surface area contributed by atoms with Gasteiger partial charge in [-0.2, -0.15) is 0 Å². The van der Waals surface area contributed by atoms with Crippen LogP contribution in [0.2, 0.25) is 0 Å². The predicted molar refractivity (Wildman–Crippen MR) is 109 cm³/mol. The third-order valence-corrected chi connectivity index (χ3v) is 4.74. The van der Waals surface area contributed by atoms with Crippen LogP contribution >= 0.6 is 11.3 Å². The van der Waals surface area contributed by atoms with E-state index in [0.717, 1.165) is 0 Å². The third kappa shape index (κ3) is 4.21. The van der Waals surface area contributed by atoms with Gasteiger partial charge in [-0.05, 0) is 25.1 Å². The first-order valence-corrected chi connectivity index (χ1v) is 9.00. The van der Waals surface area contributed by atoms with Crippen LogP contribution in [0.15, 0.2) is 66.7 Å². The van der Waals surface area contributed by atoms with Gasteiger partial charge < -0.3 is 5.73 Å². The molecule has 0 aliphatic carbocycles. The second-order valence-corrected chi connectivity index (χ2v) is 6.60. The number of hydrogen-bond donors (Lipinski definition) is 2. The third-order valence-electron chi connectivity index (χ3n) is 3.65. The van der Waals surface area contributed by atoms with Crippen molar-refractivity contribution in [2.24, 2.45) is 10.7 Å².